The number of benzene rings is 2. The number of aliphatic carboxylic acids is 1. The summed E-state index contributed by atoms with van der Waals surface area (Å²) in [6.45, 7) is 2.53. The first-order chi connectivity index (χ1) is 19.0. The van der Waals surface area contributed by atoms with E-state index < -0.39 is 60.8 Å². The molecule has 0 amide bonds. The Balaban J connectivity index is 1.83. The quantitative estimate of drug-likeness (QED) is 0.189. The van der Waals surface area contributed by atoms with Crippen molar-refractivity contribution in [2.45, 2.75) is 39.3 Å². The SMILES string of the molecule is CC(=O)OCC(C(=O)O)C1C(OC(C)=O)COC(Oc2ccc(C(=O)C=Cc3ccccc3)cc2)C1OC(C)=O. The van der Waals surface area contributed by atoms with E-state index in [4.69, 9.17) is 23.7 Å². The number of carbonyl (C=O) groups is 5. The minimum absolute atomic E-state index is 0.235. The highest BCUT2D eigenvalue weighted by Crippen LogP contribution is 2.34. The van der Waals surface area contributed by atoms with Crippen molar-refractivity contribution in [2.24, 2.45) is 11.8 Å². The highest BCUT2D eigenvalue weighted by molar-refractivity contribution is 6.06. The molecule has 0 radical (unpaired) electrons. The molecule has 0 saturated carbocycles. The van der Waals surface area contributed by atoms with Gasteiger partial charge in [0.2, 0.25) is 6.29 Å². The van der Waals surface area contributed by atoms with E-state index in [0.29, 0.717) is 5.56 Å². The van der Waals surface area contributed by atoms with Crippen LogP contribution in [0.5, 0.6) is 5.75 Å². The Kier molecular flexibility index (Phi) is 10.5. The molecule has 5 atom stereocenters. The molecule has 1 fully saturated rings. The van der Waals surface area contributed by atoms with Gasteiger partial charge in [0.15, 0.2) is 11.9 Å². The molecule has 11 nitrogen and oxygen atoms in total. The lowest BCUT2D eigenvalue weighted by molar-refractivity contribution is -0.250. The molecule has 2 aromatic rings. The van der Waals surface area contributed by atoms with E-state index in [2.05, 4.69) is 0 Å². The molecule has 3 rings (SSSR count). The van der Waals surface area contributed by atoms with Crippen LogP contribution < -0.4 is 4.74 Å². The molecule has 1 saturated heterocycles. The third-order valence-electron chi connectivity index (χ3n) is 5.99. The summed E-state index contributed by atoms with van der Waals surface area (Å²) in [4.78, 5) is 59.9. The number of ether oxygens (including phenoxy) is 5. The predicted octanol–water partition coefficient (Wildman–Crippen LogP) is 3.06. The molecule has 0 bridgehead atoms. The molecule has 1 N–H and O–H groups in total. The molecule has 11 heteroatoms. The van der Waals surface area contributed by atoms with Gasteiger partial charge in [0.25, 0.3) is 0 Å². The predicted molar refractivity (Wildman–Crippen MR) is 139 cm³/mol. The Morgan fingerprint density at radius 1 is 0.925 bits per heavy atom. The van der Waals surface area contributed by atoms with E-state index in [1.807, 2.05) is 30.3 Å². The monoisotopic (exact) mass is 554 g/mol. The molecule has 0 spiro atoms. The van der Waals surface area contributed by atoms with E-state index in [9.17, 15) is 29.1 Å². The number of esters is 3. The number of hydrogen-bond donors (Lipinski definition) is 1. The van der Waals surface area contributed by atoms with E-state index in [1.165, 1.54) is 30.3 Å². The summed E-state index contributed by atoms with van der Waals surface area (Å²) in [5, 5.41) is 9.93. The second-order valence-electron chi connectivity index (χ2n) is 9.00. The van der Waals surface area contributed by atoms with Crippen LogP contribution >= 0.6 is 0 Å². The average molecular weight is 555 g/mol. The highest BCUT2D eigenvalue weighted by atomic mass is 16.7. The number of carboxylic acids is 1. The molecular weight excluding hydrogens is 524 g/mol. The minimum Gasteiger partial charge on any atom is -0.481 e. The molecule has 2 aromatic carbocycles. The lowest BCUT2D eigenvalue weighted by Gasteiger charge is -2.42. The zero-order valence-corrected chi connectivity index (χ0v) is 22.2. The second kappa shape index (κ2) is 14.0. The molecule has 0 aliphatic carbocycles. The van der Waals surface area contributed by atoms with Gasteiger partial charge in [-0.3, -0.25) is 24.0 Å². The molecule has 40 heavy (non-hydrogen) atoms. The molecular formula is C29H30O11. The standard InChI is InChI=1S/C29H30O11/c1-17(30)36-15-23(28(34)35)26-25(38-18(2)31)16-37-29(27(26)39-19(3)32)40-22-12-10-21(11-13-22)24(33)14-9-20-7-5-4-6-8-20/h4-14,23,25-27,29H,15-16H2,1-3H3,(H,34,35). The van der Waals surface area contributed by atoms with Gasteiger partial charge >= 0.3 is 23.9 Å². The Morgan fingerprint density at radius 3 is 2.15 bits per heavy atom. The summed E-state index contributed by atoms with van der Waals surface area (Å²) in [5.74, 6) is -6.17. The highest BCUT2D eigenvalue weighted by Gasteiger charge is 2.52. The van der Waals surface area contributed by atoms with Crippen molar-refractivity contribution < 1.29 is 52.8 Å². The third-order valence-corrected chi connectivity index (χ3v) is 5.99. The van der Waals surface area contributed by atoms with E-state index in [1.54, 1.807) is 6.08 Å². The summed E-state index contributed by atoms with van der Waals surface area (Å²) in [7, 11) is 0. The average Bonchev–Trinajstić information content (AvgIpc) is 2.90. The van der Waals surface area contributed by atoms with Crippen molar-refractivity contribution in [1.29, 1.82) is 0 Å². The Morgan fingerprint density at radius 2 is 1.57 bits per heavy atom. The maximum Gasteiger partial charge on any atom is 0.310 e. The normalized spacial score (nSPS) is 21.2. The van der Waals surface area contributed by atoms with Gasteiger partial charge in [-0.05, 0) is 35.9 Å². The number of allylic oxidation sites excluding steroid dienone is 1. The van der Waals surface area contributed by atoms with Crippen molar-refractivity contribution in [3.63, 3.8) is 0 Å². The van der Waals surface area contributed by atoms with Gasteiger partial charge < -0.3 is 28.8 Å². The molecule has 1 aliphatic heterocycles. The van der Waals surface area contributed by atoms with Crippen LogP contribution in [0.2, 0.25) is 0 Å². The number of hydrogen-bond acceptors (Lipinski definition) is 10. The maximum absolute atomic E-state index is 12.6. The van der Waals surface area contributed by atoms with Gasteiger partial charge in [-0.1, -0.05) is 36.4 Å². The zero-order chi connectivity index (χ0) is 29.2. The van der Waals surface area contributed by atoms with Crippen LogP contribution in [0.1, 0.15) is 36.7 Å². The summed E-state index contributed by atoms with van der Waals surface area (Å²) in [6, 6.07) is 15.4. The molecule has 5 unspecified atom stereocenters. The summed E-state index contributed by atoms with van der Waals surface area (Å²) in [6.07, 6.45) is -0.668. The number of ketones is 1. The maximum atomic E-state index is 12.6. The van der Waals surface area contributed by atoms with Crippen molar-refractivity contribution in [2.75, 3.05) is 13.2 Å². The summed E-state index contributed by atoms with van der Waals surface area (Å²) >= 11 is 0. The zero-order valence-electron chi connectivity index (χ0n) is 22.2. The van der Waals surface area contributed by atoms with Gasteiger partial charge in [-0.25, -0.2) is 0 Å². The number of rotatable bonds is 11. The Labute approximate surface area is 230 Å². The fraction of sp³-hybridized carbons (Fsp3) is 0.345. The lowest BCUT2D eigenvalue weighted by Crippen LogP contribution is -2.58. The van der Waals surface area contributed by atoms with Crippen molar-refractivity contribution in [3.8, 4) is 5.75 Å². The van der Waals surface area contributed by atoms with E-state index in [0.717, 1.165) is 26.3 Å². The first kappa shape index (κ1) is 30.0. The first-order valence-electron chi connectivity index (χ1n) is 12.4. The summed E-state index contributed by atoms with van der Waals surface area (Å²) < 4.78 is 27.3. The van der Waals surface area contributed by atoms with Crippen molar-refractivity contribution in [3.05, 3.63) is 71.8 Å². The first-order valence-corrected chi connectivity index (χ1v) is 12.4. The van der Waals surface area contributed by atoms with Crippen LogP contribution in [0, 0.1) is 11.8 Å². The molecule has 0 aromatic heterocycles. The van der Waals surface area contributed by atoms with E-state index in [-0.39, 0.29) is 18.1 Å². The lowest BCUT2D eigenvalue weighted by atomic mass is 9.81. The molecule has 1 heterocycles. The van der Waals surface area contributed by atoms with Crippen LogP contribution in [0.15, 0.2) is 60.7 Å². The molecule has 1 aliphatic rings. The minimum atomic E-state index is -1.43. The van der Waals surface area contributed by atoms with Crippen LogP contribution in [-0.4, -0.2) is 66.5 Å². The van der Waals surface area contributed by atoms with Gasteiger partial charge in [0.1, 0.15) is 24.4 Å². The number of carboxylic acid groups (broad SMARTS) is 1. The van der Waals surface area contributed by atoms with Gasteiger partial charge in [-0.15, -0.1) is 0 Å². The summed E-state index contributed by atoms with van der Waals surface area (Å²) in [5.41, 5.74) is 1.26. The van der Waals surface area contributed by atoms with Crippen LogP contribution in [0.4, 0.5) is 0 Å². The van der Waals surface area contributed by atoms with Crippen LogP contribution in [0.25, 0.3) is 6.08 Å². The topological polar surface area (TPSA) is 152 Å². The Hall–Kier alpha value is -4.51. The largest absolute Gasteiger partial charge is 0.481 e. The Bertz CT molecular complexity index is 1240. The second-order valence-corrected chi connectivity index (χ2v) is 9.00. The fourth-order valence-corrected chi connectivity index (χ4v) is 4.25. The van der Waals surface area contributed by atoms with Crippen LogP contribution in [-0.2, 0) is 38.1 Å². The van der Waals surface area contributed by atoms with Crippen LogP contribution in [0.3, 0.4) is 0 Å². The van der Waals surface area contributed by atoms with Gasteiger partial charge in [-0.2, -0.15) is 0 Å². The third kappa shape index (κ3) is 8.50. The van der Waals surface area contributed by atoms with Gasteiger partial charge in [0, 0.05) is 26.3 Å². The van der Waals surface area contributed by atoms with E-state index >= 15 is 0 Å². The number of carbonyl (C=O) groups excluding carboxylic acids is 4. The molecule has 212 valence electrons. The van der Waals surface area contributed by atoms with Crippen molar-refractivity contribution >= 4 is 35.7 Å². The smallest absolute Gasteiger partial charge is 0.310 e. The van der Waals surface area contributed by atoms with Crippen molar-refractivity contribution in [1.82, 2.24) is 0 Å². The van der Waals surface area contributed by atoms with Gasteiger partial charge in [0.05, 0.1) is 12.5 Å². The fourth-order valence-electron chi connectivity index (χ4n) is 4.25.